The Balaban J connectivity index is 1.45. The molecule has 0 bridgehead atoms. The monoisotopic (exact) mass is 415 g/mol. The van der Waals surface area contributed by atoms with Crippen molar-refractivity contribution in [2.45, 2.75) is 47.4 Å². The van der Waals surface area contributed by atoms with Gasteiger partial charge in [0.15, 0.2) is 6.73 Å². The topological polar surface area (TPSA) is 74.0 Å². The van der Waals surface area contributed by atoms with Gasteiger partial charge in [0.05, 0.1) is 16.4 Å². The van der Waals surface area contributed by atoms with E-state index in [1.54, 1.807) is 16.9 Å². The van der Waals surface area contributed by atoms with E-state index in [0.29, 0.717) is 23.8 Å². The lowest BCUT2D eigenvalue weighted by atomic mass is 10.1. The van der Waals surface area contributed by atoms with Crippen molar-refractivity contribution in [2.24, 2.45) is 0 Å². The molecule has 1 amide bonds. The van der Waals surface area contributed by atoms with Crippen LogP contribution in [0.15, 0.2) is 30.5 Å². The summed E-state index contributed by atoms with van der Waals surface area (Å²) in [5.41, 5.74) is 4.39. The van der Waals surface area contributed by atoms with Crippen molar-refractivity contribution in [1.29, 1.82) is 0 Å². The number of ether oxygens (including phenoxy) is 1. The van der Waals surface area contributed by atoms with Gasteiger partial charge < -0.3 is 10.1 Å². The summed E-state index contributed by atoms with van der Waals surface area (Å²) in [6.45, 7) is 9.34. The predicted octanol–water partition coefficient (Wildman–Crippen LogP) is 3.82. The number of amides is 1. The number of rotatable bonds is 8. The van der Waals surface area contributed by atoms with Crippen LogP contribution in [0.1, 0.15) is 39.4 Å². The highest BCUT2D eigenvalue weighted by molar-refractivity contribution is 6.31. The zero-order chi connectivity index (χ0) is 21.0. The second-order valence-electron chi connectivity index (χ2n) is 7.10. The van der Waals surface area contributed by atoms with Gasteiger partial charge in [0.25, 0.3) is 5.91 Å². The van der Waals surface area contributed by atoms with E-state index in [2.05, 4.69) is 21.6 Å². The Morgan fingerprint density at radius 2 is 1.97 bits per heavy atom. The Bertz CT molecular complexity index is 1010. The van der Waals surface area contributed by atoms with Gasteiger partial charge in [-0.3, -0.25) is 9.48 Å². The maximum absolute atomic E-state index is 12.3. The number of aromatic nitrogens is 4. The molecule has 0 saturated carbocycles. The fraction of sp³-hybridized carbons (Fsp3) is 0.381. The molecule has 29 heavy (non-hydrogen) atoms. The van der Waals surface area contributed by atoms with Crippen molar-refractivity contribution in [3.05, 3.63) is 63.7 Å². The Labute approximate surface area is 175 Å². The smallest absolute Gasteiger partial charge is 0.271 e. The van der Waals surface area contributed by atoms with E-state index in [9.17, 15) is 4.79 Å². The van der Waals surface area contributed by atoms with Gasteiger partial charge in [0.1, 0.15) is 11.4 Å². The van der Waals surface area contributed by atoms with Gasteiger partial charge in [0.2, 0.25) is 0 Å². The average Bonchev–Trinajstić information content (AvgIpc) is 3.25. The highest BCUT2D eigenvalue weighted by Crippen LogP contribution is 2.19. The minimum atomic E-state index is -0.207. The van der Waals surface area contributed by atoms with E-state index in [1.807, 2.05) is 44.5 Å². The predicted molar refractivity (Wildman–Crippen MR) is 112 cm³/mol. The summed E-state index contributed by atoms with van der Waals surface area (Å²) < 4.78 is 9.26. The number of carbonyl (C=O) groups excluding carboxylic acids is 1. The Kier molecular flexibility index (Phi) is 6.59. The molecule has 8 heteroatoms. The lowest BCUT2D eigenvalue weighted by Crippen LogP contribution is -2.26. The van der Waals surface area contributed by atoms with Crippen LogP contribution in [-0.2, 0) is 13.3 Å². The third-order valence-corrected chi connectivity index (χ3v) is 5.23. The quantitative estimate of drug-likeness (QED) is 0.567. The number of hydrogen-bond donors (Lipinski definition) is 1. The van der Waals surface area contributed by atoms with Gasteiger partial charge in [-0.05, 0) is 51.8 Å². The SMILES string of the molecule is Cc1ccc(OCn2ccc(C(=O)NCCCn3nc(C)c(Cl)c3C)n2)c(C)c1. The molecule has 0 radical (unpaired) electrons. The lowest BCUT2D eigenvalue weighted by molar-refractivity contribution is 0.0945. The van der Waals surface area contributed by atoms with Crippen molar-refractivity contribution < 1.29 is 9.53 Å². The Hall–Kier alpha value is -2.80. The van der Waals surface area contributed by atoms with Crippen LogP contribution in [0, 0.1) is 27.7 Å². The molecule has 0 unspecified atom stereocenters. The number of nitrogens with one attached hydrogen (secondary N) is 1. The van der Waals surface area contributed by atoms with E-state index in [1.165, 1.54) is 5.56 Å². The van der Waals surface area contributed by atoms with Gasteiger partial charge >= 0.3 is 0 Å². The van der Waals surface area contributed by atoms with Crippen LogP contribution < -0.4 is 10.1 Å². The fourth-order valence-corrected chi connectivity index (χ4v) is 3.20. The molecule has 3 rings (SSSR count). The summed E-state index contributed by atoms with van der Waals surface area (Å²) in [7, 11) is 0. The van der Waals surface area contributed by atoms with Gasteiger partial charge in [0, 0.05) is 19.3 Å². The van der Waals surface area contributed by atoms with Crippen LogP contribution in [0.4, 0.5) is 0 Å². The molecule has 1 aromatic carbocycles. The van der Waals surface area contributed by atoms with E-state index in [4.69, 9.17) is 16.3 Å². The highest BCUT2D eigenvalue weighted by atomic mass is 35.5. The zero-order valence-electron chi connectivity index (χ0n) is 17.2. The van der Waals surface area contributed by atoms with E-state index < -0.39 is 0 Å². The van der Waals surface area contributed by atoms with Gasteiger partial charge in [-0.15, -0.1) is 0 Å². The van der Waals surface area contributed by atoms with Crippen LogP contribution in [0.25, 0.3) is 0 Å². The van der Waals surface area contributed by atoms with Crippen molar-refractivity contribution in [2.75, 3.05) is 6.54 Å². The molecule has 0 spiro atoms. The third kappa shape index (κ3) is 5.17. The van der Waals surface area contributed by atoms with Crippen molar-refractivity contribution >= 4 is 17.5 Å². The first kappa shape index (κ1) is 20.9. The minimum Gasteiger partial charge on any atom is -0.471 e. The van der Waals surface area contributed by atoms with Crippen LogP contribution in [0.2, 0.25) is 5.02 Å². The van der Waals surface area contributed by atoms with Crippen LogP contribution in [-0.4, -0.2) is 32.0 Å². The fourth-order valence-electron chi connectivity index (χ4n) is 3.07. The number of nitrogens with zero attached hydrogens (tertiary/aromatic N) is 4. The van der Waals surface area contributed by atoms with E-state index in [-0.39, 0.29) is 12.6 Å². The Morgan fingerprint density at radius 3 is 2.66 bits per heavy atom. The minimum absolute atomic E-state index is 0.207. The number of halogens is 1. The molecule has 0 atom stereocenters. The zero-order valence-corrected chi connectivity index (χ0v) is 18.0. The summed E-state index contributed by atoms with van der Waals surface area (Å²) in [6.07, 6.45) is 2.48. The number of benzene rings is 1. The van der Waals surface area contributed by atoms with Gasteiger partial charge in [-0.25, -0.2) is 4.68 Å². The van der Waals surface area contributed by atoms with Gasteiger partial charge in [-0.1, -0.05) is 29.3 Å². The molecule has 154 valence electrons. The van der Waals surface area contributed by atoms with E-state index in [0.717, 1.165) is 29.1 Å². The largest absolute Gasteiger partial charge is 0.471 e. The van der Waals surface area contributed by atoms with Crippen molar-refractivity contribution in [1.82, 2.24) is 24.9 Å². The van der Waals surface area contributed by atoms with Crippen LogP contribution in [0.3, 0.4) is 0 Å². The first-order valence-corrected chi connectivity index (χ1v) is 9.94. The van der Waals surface area contributed by atoms with Crippen LogP contribution >= 0.6 is 11.6 Å². The molecule has 0 saturated heterocycles. The standard InChI is InChI=1S/C21H26ClN5O2/c1-14-6-7-19(15(2)12-14)29-13-26-11-8-18(25-26)21(28)23-9-5-10-27-17(4)20(22)16(3)24-27/h6-8,11-12H,5,9-10,13H2,1-4H3,(H,23,28). The second-order valence-corrected chi connectivity index (χ2v) is 7.48. The average molecular weight is 416 g/mol. The Morgan fingerprint density at radius 1 is 1.17 bits per heavy atom. The van der Waals surface area contributed by atoms with Crippen molar-refractivity contribution in [3.8, 4) is 5.75 Å². The van der Waals surface area contributed by atoms with E-state index >= 15 is 0 Å². The summed E-state index contributed by atoms with van der Waals surface area (Å²) in [6, 6.07) is 7.70. The normalized spacial score (nSPS) is 10.9. The summed E-state index contributed by atoms with van der Waals surface area (Å²) in [5, 5.41) is 12.2. The molecule has 0 aliphatic carbocycles. The summed E-state index contributed by atoms with van der Waals surface area (Å²) in [4.78, 5) is 12.3. The summed E-state index contributed by atoms with van der Waals surface area (Å²) >= 11 is 6.15. The van der Waals surface area contributed by atoms with Gasteiger partial charge in [-0.2, -0.15) is 10.2 Å². The molecule has 2 heterocycles. The number of aryl methyl sites for hydroxylation is 4. The molecule has 1 N–H and O–H groups in total. The number of hydrogen-bond acceptors (Lipinski definition) is 4. The highest BCUT2D eigenvalue weighted by Gasteiger charge is 2.11. The summed E-state index contributed by atoms with van der Waals surface area (Å²) in [5.74, 6) is 0.600. The molecule has 0 aliphatic rings. The molecular weight excluding hydrogens is 390 g/mol. The molecule has 2 aromatic heterocycles. The van der Waals surface area contributed by atoms with Crippen molar-refractivity contribution in [3.63, 3.8) is 0 Å². The third-order valence-electron chi connectivity index (χ3n) is 4.68. The second kappa shape index (κ2) is 9.13. The molecule has 0 fully saturated rings. The van der Waals surface area contributed by atoms with Crippen LogP contribution in [0.5, 0.6) is 5.75 Å². The first-order valence-electron chi connectivity index (χ1n) is 9.56. The number of carbonyl (C=O) groups is 1. The first-order chi connectivity index (χ1) is 13.8. The maximum atomic E-state index is 12.3. The maximum Gasteiger partial charge on any atom is 0.271 e. The molecule has 0 aliphatic heterocycles. The lowest BCUT2D eigenvalue weighted by Gasteiger charge is -2.09. The molecular formula is C21H26ClN5O2. The molecule has 3 aromatic rings. The molecule has 7 nitrogen and oxygen atoms in total.